The molecule has 1 saturated heterocycles. The van der Waals surface area contributed by atoms with Crippen LogP contribution in [-0.2, 0) is 27.5 Å². The van der Waals surface area contributed by atoms with E-state index in [4.69, 9.17) is 0 Å². The maximum absolute atomic E-state index is 14.6. The Morgan fingerprint density at radius 1 is 1.08 bits per heavy atom. The van der Waals surface area contributed by atoms with Gasteiger partial charge in [-0.15, -0.1) is 0 Å². The molecule has 0 aliphatic carbocycles. The lowest BCUT2D eigenvalue weighted by molar-refractivity contribution is -0.145. The van der Waals surface area contributed by atoms with Gasteiger partial charge in [-0.25, -0.2) is 27.2 Å². The van der Waals surface area contributed by atoms with Crippen molar-refractivity contribution in [3.05, 3.63) is 72.3 Å². The Kier molecular flexibility index (Phi) is 7.24. The Balaban J connectivity index is 1.49. The Bertz CT molecular complexity index is 1390. The summed E-state index contributed by atoms with van der Waals surface area (Å²) in [7, 11) is -4.32. The van der Waals surface area contributed by atoms with Crippen molar-refractivity contribution in [2.24, 2.45) is 0 Å². The highest BCUT2D eigenvalue weighted by atomic mass is 32.2. The van der Waals surface area contributed by atoms with Crippen molar-refractivity contribution in [1.29, 1.82) is 0 Å². The first kappa shape index (κ1) is 26.5. The van der Waals surface area contributed by atoms with Gasteiger partial charge in [-0.3, -0.25) is 9.78 Å². The van der Waals surface area contributed by atoms with Crippen LogP contribution in [0, 0.1) is 5.82 Å². The van der Waals surface area contributed by atoms with Gasteiger partial charge in [0.1, 0.15) is 18.0 Å². The molecule has 3 heterocycles. The van der Waals surface area contributed by atoms with Gasteiger partial charge in [-0.1, -0.05) is 0 Å². The molecular weight excluding hydrogens is 521 g/mol. The maximum Gasteiger partial charge on any atom is 0.451 e. The first-order valence-electron chi connectivity index (χ1n) is 10.9. The van der Waals surface area contributed by atoms with Crippen molar-refractivity contribution in [2.75, 3.05) is 0 Å². The zero-order chi connectivity index (χ0) is 27.0. The number of pyridine rings is 1. The molecule has 1 aromatic carbocycles. The van der Waals surface area contributed by atoms with Crippen LogP contribution >= 0.6 is 0 Å². The number of amides is 1. The Labute approximate surface area is 208 Å². The number of aromatic nitrogens is 3. The van der Waals surface area contributed by atoms with Gasteiger partial charge in [0.2, 0.25) is 21.8 Å². The highest BCUT2D eigenvalue weighted by molar-refractivity contribution is 7.89. The van der Waals surface area contributed by atoms with Crippen molar-refractivity contribution in [3.63, 3.8) is 0 Å². The van der Waals surface area contributed by atoms with Crippen LogP contribution in [0.25, 0.3) is 11.1 Å². The molecule has 0 bridgehead atoms. The third-order valence-electron chi connectivity index (χ3n) is 5.87. The topological polar surface area (TPSA) is 105 Å². The monoisotopic (exact) mass is 541 g/mol. The molecule has 37 heavy (non-hydrogen) atoms. The molecule has 3 atom stereocenters. The van der Waals surface area contributed by atoms with E-state index in [2.05, 4.69) is 20.3 Å². The number of halogens is 5. The van der Waals surface area contributed by atoms with E-state index in [0.29, 0.717) is 11.3 Å². The van der Waals surface area contributed by atoms with Crippen LogP contribution in [-0.4, -0.2) is 51.8 Å². The number of rotatable bonds is 6. The second kappa shape index (κ2) is 10.1. The molecule has 1 fully saturated rings. The summed E-state index contributed by atoms with van der Waals surface area (Å²) < 4.78 is 93.0. The summed E-state index contributed by atoms with van der Waals surface area (Å²) in [6.45, 7) is 1.18. The van der Waals surface area contributed by atoms with Gasteiger partial charge in [0, 0.05) is 30.6 Å². The minimum Gasteiger partial charge on any atom is -0.349 e. The molecule has 2 aromatic heterocycles. The number of benzene rings is 1. The normalized spacial score (nSPS) is 20.6. The highest BCUT2D eigenvalue weighted by Gasteiger charge is 2.49. The lowest BCUT2D eigenvalue weighted by Crippen LogP contribution is -2.48. The average molecular weight is 542 g/mol. The molecule has 1 N–H and O–H groups in total. The average Bonchev–Trinajstić information content (AvgIpc) is 3.17. The van der Waals surface area contributed by atoms with E-state index in [1.165, 1.54) is 25.3 Å². The third kappa shape index (κ3) is 5.59. The van der Waals surface area contributed by atoms with Crippen LogP contribution in [0.1, 0.15) is 24.9 Å². The first-order chi connectivity index (χ1) is 17.4. The van der Waals surface area contributed by atoms with Crippen molar-refractivity contribution in [3.8, 4) is 11.1 Å². The molecule has 1 amide bonds. The van der Waals surface area contributed by atoms with E-state index in [1.807, 2.05) is 0 Å². The number of alkyl halides is 4. The summed E-state index contributed by atoms with van der Waals surface area (Å²) in [4.78, 5) is 23.4. The van der Waals surface area contributed by atoms with E-state index < -0.39 is 52.0 Å². The van der Waals surface area contributed by atoms with Crippen molar-refractivity contribution in [1.82, 2.24) is 24.6 Å². The summed E-state index contributed by atoms with van der Waals surface area (Å²) in [6, 6.07) is 4.51. The van der Waals surface area contributed by atoms with Gasteiger partial charge in [0.05, 0.1) is 23.2 Å². The van der Waals surface area contributed by atoms with Crippen molar-refractivity contribution in [2.45, 2.75) is 49.2 Å². The van der Waals surface area contributed by atoms with Crippen LogP contribution in [0.5, 0.6) is 0 Å². The number of hydrogen-bond donors (Lipinski definition) is 1. The quantitative estimate of drug-likeness (QED) is 0.479. The van der Waals surface area contributed by atoms with Gasteiger partial charge < -0.3 is 5.32 Å². The first-order valence-corrected chi connectivity index (χ1v) is 12.4. The van der Waals surface area contributed by atoms with Crippen LogP contribution in [0.2, 0.25) is 0 Å². The van der Waals surface area contributed by atoms with Gasteiger partial charge in [-0.05, 0) is 48.9 Å². The summed E-state index contributed by atoms with van der Waals surface area (Å²) in [6.07, 6.45) is -3.27. The fraction of sp³-hybridized carbons (Fsp3) is 0.304. The number of nitrogens with zero attached hydrogens (tertiary/aromatic N) is 4. The third-order valence-corrected chi connectivity index (χ3v) is 7.88. The molecule has 196 valence electrons. The van der Waals surface area contributed by atoms with Gasteiger partial charge in [-0.2, -0.15) is 17.5 Å². The fourth-order valence-electron chi connectivity index (χ4n) is 3.97. The smallest absolute Gasteiger partial charge is 0.349 e. The zero-order valence-corrected chi connectivity index (χ0v) is 20.0. The van der Waals surface area contributed by atoms with Crippen LogP contribution in [0.15, 0.2) is 59.9 Å². The Hall–Kier alpha value is -3.52. The lowest BCUT2D eigenvalue weighted by atomic mass is 10.1. The van der Waals surface area contributed by atoms with E-state index >= 15 is 0 Å². The Morgan fingerprint density at radius 3 is 2.35 bits per heavy atom. The Morgan fingerprint density at radius 2 is 1.73 bits per heavy atom. The van der Waals surface area contributed by atoms with E-state index in [0.717, 1.165) is 41.0 Å². The SMILES string of the molecule is CC1C(F)CC(C(=O)NCc2cc(-c3cnc(C(F)(F)F)nc3)ccn2)N1S(=O)(=O)c1ccc(F)cc1. The van der Waals surface area contributed by atoms with E-state index in [9.17, 15) is 35.2 Å². The molecule has 0 saturated carbocycles. The largest absolute Gasteiger partial charge is 0.451 e. The van der Waals surface area contributed by atoms with Gasteiger partial charge >= 0.3 is 6.18 Å². The molecule has 0 radical (unpaired) electrons. The second-order valence-electron chi connectivity index (χ2n) is 8.34. The van der Waals surface area contributed by atoms with Crippen LogP contribution in [0.4, 0.5) is 22.0 Å². The summed E-state index contributed by atoms with van der Waals surface area (Å²) >= 11 is 0. The predicted octanol–water partition coefficient (Wildman–Crippen LogP) is 3.50. The number of carbonyl (C=O) groups excluding carboxylic acids is 1. The number of nitrogens with one attached hydrogen (secondary N) is 1. The van der Waals surface area contributed by atoms with Crippen molar-refractivity contribution >= 4 is 15.9 Å². The minimum absolute atomic E-state index is 0.166. The van der Waals surface area contributed by atoms with Crippen molar-refractivity contribution < 1.29 is 35.2 Å². The summed E-state index contributed by atoms with van der Waals surface area (Å²) in [5.41, 5.74) is 1.03. The minimum atomic E-state index is -4.68. The zero-order valence-electron chi connectivity index (χ0n) is 19.2. The molecular formula is C23H20F5N5O3S. The number of hydrogen-bond acceptors (Lipinski definition) is 6. The van der Waals surface area contributed by atoms with Crippen LogP contribution in [0.3, 0.4) is 0 Å². The predicted molar refractivity (Wildman–Crippen MR) is 120 cm³/mol. The second-order valence-corrected chi connectivity index (χ2v) is 10.2. The molecule has 3 aromatic rings. The van der Waals surface area contributed by atoms with Gasteiger partial charge in [0.25, 0.3) is 0 Å². The molecule has 1 aliphatic rings. The highest BCUT2D eigenvalue weighted by Crippen LogP contribution is 2.33. The molecule has 0 spiro atoms. The lowest BCUT2D eigenvalue weighted by Gasteiger charge is -2.26. The molecule has 1 aliphatic heterocycles. The maximum atomic E-state index is 14.6. The number of carbonyl (C=O) groups is 1. The number of sulfonamides is 1. The summed E-state index contributed by atoms with van der Waals surface area (Å²) in [5, 5.41) is 2.54. The molecule has 3 unspecified atom stereocenters. The molecule has 14 heteroatoms. The molecule has 8 nitrogen and oxygen atoms in total. The summed E-state index contributed by atoms with van der Waals surface area (Å²) in [5.74, 6) is -2.69. The standard InChI is InChI=1S/C23H20F5N5O3S/c1-13-19(25)9-20(33(13)37(35,36)18-4-2-16(24)3-5-18)21(34)30-12-17-8-14(6-7-29-17)15-10-31-22(32-11-15)23(26,27)28/h2-8,10-11,13,19-20H,9,12H2,1H3,(H,30,34). The van der Waals surface area contributed by atoms with E-state index in [-0.39, 0.29) is 23.4 Å². The molecule has 4 rings (SSSR count). The van der Waals surface area contributed by atoms with Crippen LogP contribution < -0.4 is 5.32 Å². The van der Waals surface area contributed by atoms with E-state index in [1.54, 1.807) is 0 Å². The van der Waals surface area contributed by atoms with Gasteiger partial charge in [0.15, 0.2) is 0 Å². The fourth-order valence-corrected chi connectivity index (χ4v) is 5.78.